The zero-order chi connectivity index (χ0) is 14.9. The van der Waals surface area contributed by atoms with Gasteiger partial charge in [0.25, 0.3) is 11.0 Å². The molecule has 20 heavy (non-hydrogen) atoms. The molecular weight excluding hydrogens is 304 g/mol. The molecule has 0 aliphatic rings. The van der Waals surface area contributed by atoms with Crippen molar-refractivity contribution in [1.82, 2.24) is 9.36 Å². The van der Waals surface area contributed by atoms with Gasteiger partial charge in [0.05, 0.1) is 0 Å². The van der Waals surface area contributed by atoms with Crippen LogP contribution in [0.5, 0.6) is 10.9 Å². The number of rotatable bonds is 3. The Bertz CT molecular complexity index is 656. The number of halogens is 4. The summed E-state index contributed by atoms with van der Waals surface area (Å²) in [7, 11) is 0. The number of carboxylic acids is 1. The molecule has 1 aromatic heterocycles. The molecule has 0 unspecified atom stereocenters. The molecule has 0 fully saturated rings. The van der Waals surface area contributed by atoms with Crippen LogP contribution in [0.25, 0.3) is 0 Å². The highest BCUT2D eigenvalue weighted by Gasteiger charge is 2.36. The molecule has 0 bridgehead atoms. The van der Waals surface area contributed by atoms with Crippen molar-refractivity contribution in [2.45, 2.75) is 6.18 Å². The van der Waals surface area contributed by atoms with Gasteiger partial charge in [-0.05, 0) is 12.1 Å². The van der Waals surface area contributed by atoms with Crippen molar-refractivity contribution < 1.29 is 32.2 Å². The molecule has 106 valence electrons. The smallest absolute Gasteiger partial charge is 0.452 e. The van der Waals surface area contributed by atoms with Crippen LogP contribution in [0.3, 0.4) is 0 Å². The highest BCUT2D eigenvalue weighted by atomic mass is 32.1. The van der Waals surface area contributed by atoms with E-state index in [-0.39, 0.29) is 11.5 Å². The Morgan fingerprint density at radius 2 is 2.05 bits per heavy atom. The van der Waals surface area contributed by atoms with Crippen LogP contribution in [0, 0.1) is 5.82 Å². The molecule has 0 atom stereocenters. The lowest BCUT2D eigenvalue weighted by Crippen LogP contribution is -2.07. The number of hydrogen-bond acceptors (Lipinski definition) is 5. The second-order valence-electron chi connectivity index (χ2n) is 3.40. The molecule has 0 aliphatic heterocycles. The Morgan fingerprint density at radius 3 is 2.60 bits per heavy atom. The van der Waals surface area contributed by atoms with E-state index >= 15 is 0 Å². The highest BCUT2D eigenvalue weighted by Crippen LogP contribution is 2.33. The maximum atomic E-state index is 13.3. The van der Waals surface area contributed by atoms with Crippen molar-refractivity contribution >= 4 is 17.5 Å². The number of aromatic nitrogens is 2. The number of nitrogens with zero attached hydrogens (tertiary/aromatic N) is 2. The quantitative estimate of drug-likeness (QED) is 0.882. The molecule has 0 saturated carbocycles. The summed E-state index contributed by atoms with van der Waals surface area (Å²) in [5.41, 5.74) is -0.795. The second-order valence-corrected chi connectivity index (χ2v) is 4.12. The zero-order valence-corrected chi connectivity index (χ0v) is 10.1. The van der Waals surface area contributed by atoms with Crippen LogP contribution in [0.4, 0.5) is 17.6 Å². The predicted molar refractivity (Wildman–Crippen MR) is 58.3 cm³/mol. The zero-order valence-electron chi connectivity index (χ0n) is 9.31. The first-order valence-corrected chi connectivity index (χ1v) is 5.67. The number of benzene rings is 1. The van der Waals surface area contributed by atoms with Crippen LogP contribution in [0.15, 0.2) is 18.2 Å². The van der Waals surface area contributed by atoms with Crippen molar-refractivity contribution in [2.75, 3.05) is 0 Å². The van der Waals surface area contributed by atoms with Crippen LogP contribution in [-0.4, -0.2) is 20.4 Å². The van der Waals surface area contributed by atoms with Crippen LogP contribution in [0.1, 0.15) is 16.2 Å². The minimum absolute atomic E-state index is 0.279. The van der Waals surface area contributed by atoms with Gasteiger partial charge in [0.15, 0.2) is 0 Å². The maximum Gasteiger partial charge on any atom is 0.452 e. The van der Waals surface area contributed by atoms with E-state index in [1.807, 2.05) is 0 Å². The first-order chi connectivity index (χ1) is 9.29. The Labute approximate surface area is 112 Å². The molecular formula is C10H4F4N2O3S. The third-order valence-corrected chi connectivity index (χ3v) is 2.64. The Morgan fingerprint density at radius 1 is 1.35 bits per heavy atom. The fourth-order valence-electron chi connectivity index (χ4n) is 1.26. The molecule has 1 heterocycles. The van der Waals surface area contributed by atoms with Gasteiger partial charge in [0, 0.05) is 11.5 Å². The molecule has 0 saturated heterocycles. The monoisotopic (exact) mass is 308 g/mol. The summed E-state index contributed by atoms with van der Waals surface area (Å²) in [5.74, 6) is -4.55. The SMILES string of the molecule is O=C(O)c1c(F)cccc1Oc1nc(C(F)(F)F)ns1. The van der Waals surface area contributed by atoms with Crippen LogP contribution in [0.2, 0.25) is 0 Å². The summed E-state index contributed by atoms with van der Waals surface area (Å²) in [6.45, 7) is 0. The second kappa shape index (κ2) is 5.04. The van der Waals surface area contributed by atoms with E-state index < -0.39 is 40.3 Å². The van der Waals surface area contributed by atoms with Gasteiger partial charge in [0.2, 0.25) is 0 Å². The van der Waals surface area contributed by atoms with E-state index in [0.717, 1.165) is 18.2 Å². The van der Waals surface area contributed by atoms with Gasteiger partial charge in [-0.25, -0.2) is 9.18 Å². The van der Waals surface area contributed by atoms with E-state index in [1.54, 1.807) is 0 Å². The van der Waals surface area contributed by atoms with Crippen molar-refractivity contribution in [3.8, 4) is 10.9 Å². The minimum atomic E-state index is -4.74. The summed E-state index contributed by atoms with van der Waals surface area (Å²) in [6, 6.07) is 3.14. The molecule has 0 aliphatic carbocycles. The van der Waals surface area contributed by atoms with Crippen LogP contribution >= 0.6 is 11.5 Å². The summed E-state index contributed by atoms with van der Waals surface area (Å²) in [5, 5.41) is 8.29. The van der Waals surface area contributed by atoms with E-state index in [2.05, 4.69) is 9.36 Å². The average molecular weight is 308 g/mol. The highest BCUT2D eigenvalue weighted by molar-refractivity contribution is 7.07. The molecule has 0 amide bonds. The first kappa shape index (κ1) is 14.2. The van der Waals surface area contributed by atoms with E-state index in [9.17, 15) is 22.4 Å². The molecule has 0 spiro atoms. The van der Waals surface area contributed by atoms with Gasteiger partial charge < -0.3 is 9.84 Å². The number of carboxylic acid groups (broad SMARTS) is 1. The van der Waals surface area contributed by atoms with Gasteiger partial charge in [-0.15, -0.1) is 0 Å². The fraction of sp³-hybridized carbons (Fsp3) is 0.100. The minimum Gasteiger partial charge on any atom is -0.477 e. The predicted octanol–water partition coefficient (Wildman–Crippen LogP) is 3.19. The molecule has 1 aromatic carbocycles. The van der Waals surface area contributed by atoms with Gasteiger partial charge >= 0.3 is 12.1 Å². The van der Waals surface area contributed by atoms with E-state index in [1.165, 1.54) is 0 Å². The standard InChI is InChI=1S/C10H4F4N2O3S/c11-4-2-1-3-5(6(4)7(17)18)19-9-15-8(16-20-9)10(12,13)14/h1-3H,(H,17,18). The van der Waals surface area contributed by atoms with Crippen molar-refractivity contribution in [3.63, 3.8) is 0 Å². The molecule has 2 rings (SSSR count). The Kier molecular flexibility index (Phi) is 3.57. The fourth-order valence-corrected chi connectivity index (χ4v) is 1.82. The van der Waals surface area contributed by atoms with Crippen LogP contribution in [-0.2, 0) is 6.18 Å². The van der Waals surface area contributed by atoms with Crippen molar-refractivity contribution in [3.05, 3.63) is 35.4 Å². The number of hydrogen-bond donors (Lipinski definition) is 1. The van der Waals surface area contributed by atoms with E-state index in [4.69, 9.17) is 9.84 Å². The normalized spacial score (nSPS) is 11.4. The third kappa shape index (κ3) is 2.85. The largest absolute Gasteiger partial charge is 0.477 e. The number of aromatic carboxylic acids is 1. The van der Waals surface area contributed by atoms with Crippen LogP contribution < -0.4 is 4.74 Å². The van der Waals surface area contributed by atoms with Gasteiger partial charge in [-0.2, -0.15) is 22.5 Å². The summed E-state index contributed by atoms with van der Waals surface area (Å²) in [6.07, 6.45) is -4.74. The molecule has 1 N–H and O–H groups in total. The van der Waals surface area contributed by atoms with E-state index in [0.29, 0.717) is 0 Å². The topological polar surface area (TPSA) is 72.3 Å². The van der Waals surface area contributed by atoms with Gasteiger partial charge in [-0.1, -0.05) is 6.07 Å². The lowest BCUT2D eigenvalue weighted by atomic mass is 10.2. The first-order valence-electron chi connectivity index (χ1n) is 4.89. The number of carbonyl (C=O) groups is 1. The lowest BCUT2D eigenvalue weighted by Gasteiger charge is -2.05. The third-order valence-electron chi connectivity index (χ3n) is 2.05. The Hall–Kier alpha value is -2.23. The van der Waals surface area contributed by atoms with Gasteiger partial charge in [-0.3, -0.25) is 0 Å². The molecule has 5 nitrogen and oxygen atoms in total. The maximum absolute atomic E-state index is 13.3. The summed E-state index contributed by atoms with van der Waals surface area (Å²) >= 11 is 0.279. The Balaban J connectivity index is 2.34. The van der Waals surface area contributed by atoms with Crippen molar-refractivity contribution in [1.29, 1.82) is 0 Å². The molecule has 0 radical (unpaired) electrons. The number of alkyl halides is 3. The lowest BCUT2D eigenvalue weighted by molar-refractivity contribution is -0.144. The summed E-state index contributed by atoms with van der Waals surface area (Å²) < 4.78 is 58.0. The molecule has 10 heteroatoms. The average Bonchev–Trinajstić information content (AvgIpc) is 2.76. The van der Waals surface area contributed by atoms with Gasteiger partial charge in [0.1, 0.15) is 17.1 Å². The summed E-state index contributed by atoms with van der Waals surface area (Å²) in [4.78, 5) is 13.9. The van der Waals surface area contributed by atoms with Crippen molar-refractivity contribution in [2.24, 2.45) is 0 Å². The number of ether oxygens (including phenoxy) is 1. The molecule has 2 aromatic rings.